The number of nitrogens with two attached hydrogens (primary N) is 1. The summed E-state index contributed by atoms with van der Waals surface area (Å²) < 4.78 is 6.14. The highest BCUT2D eigenvalue weighted by Crippen LogP contribution is 2.36. The van der Waals surface area contributed by atoms with Gasteiger partial charge >= 0.3 is 0 Å². The Bertz CT molecular complexity index is 611. The Labute approximate surface area is 136 Å². The van der Waals surface area contributed by atoms with Crippen LogP contribution in [-0.4, -0.2) is 10.1 Å². The Morgan fingerprint density at radius 1 is 1.30 bits per heavy atom. The van der Waals surface area contributed by atoms with Crippen molar-refractivity contribution < 1.29 is 4.52 Å². The Kier molecular flexibility index (Phi) is 4.74. The first-order valence-corrected chi connectivity index (χ1v) is 7.34. The maximum Gasteiger partial charge on any atom is 0.258 e. The standard InChI is InChI=1S/C13H13BrClN3O.ClH/c14-9-4-3-8(7-10(9)15)11-17-12(18-19-11)13(16)5-1-2-6-13;/h3-4,7H,1-2,5-6,16H2;1H. The van der Waals surface area contributed by atoms with Gasteiger partial charge in [-0.05, 0) is 47.0 Å². The zero-order valence-electron chi connectivity index (χ0n) is 10.6. The molecule has 1 fully saturated rings. The van der Waals surface area contributed by atoms with Crippen molar-refractivity contribution in [3.05, 3.63) is 33.5 Å². The molecule has 2 N–H and O–H groups in total. The van der Waals surface area contributed by atoms with Crippen molar-refractivity contribution in [2.45, 2.75) is 31.2 Å². The van der Waals surface area contributed by atoms with Gasteiger partial charge in [0.25, 0.3) is 5.89 Å². The van der Waals surface area contributed by atoms with Crippen LogP contribution in [0.2, 0.25) is 5.02 Å². The van der Waals surface area contributed by atoms with Crippen molar-refractivity contribution in [2.75, 3.05) is 0 Å². The molecule has 1 aliphatic rings. The van der Waals surface area contributed by atoms with E-state index < -0.39 is 5.54 Å². The largest absolute Gasteiger partial charge is 0.334 e. The molecule has 4 nitrogen and oxygen atoms in total. The SMILES string of the molecule is Cl.NC1(c2noc(-c3ccc(Br)c(Cl)c3)n2)CCCC1. The van der Waals surface area contributed by atoms with Crippen molar-refractivity contribution in [3.63, 3.8) is 0 Å². The molecule has 0 aliphatic heterocycles. The van der Waals surface area contributed by atoms with Gasteiger partial charge in [-0.15, -0.1) is 12.4 Å². The molecule has 108 valence electrons. The summed E-state index contributed by atoms with van der Waals surface area (Å²) in [6, 6.07) is 5.53. The Balaban J connectivity index is 0.00000147. The zero-order valence-corrected chi connectivity index (χ0v) is 13.8. The minimum Gasteiger partial charge on any atom is -0.334 e. The maximum absolute atomic E-state index is 6.31. The predicted molar refractivity (Wildman–Crippen MR) is 84.0 cm³/mol. The second kappa shape index (κ2) is 6.02. The molecule has 0 saturated heterocycles. The normalized spacial score (nSPS) is 16.9. The molecule has 0 bridgehead atoms. The van der Waals surface area contributed by atoms with E-state index in [-0.39, 0.29) is 12.4 Å². The number of hydrogen-bond acceptors (Lipinski definition) is 4. The van der Waals surface area contributed by atoms with Gasteiger partial charge in [-0.1, -0.05) is 29.6 Å². The molecule has 7 heteroatoms. The molecular formula is C13H14BrCl2N3O. The van der Waals surface area contributed by atoms with Crippen LogP contribution in [0.25, 0.3) is 11.5 Å². The van der Waals surface area contributed by atoms with Crippen molar-refractivity contribution in [1.82, 2.24) is 10.1 Å². The Hall–Kier alpha value is -0.620. The third-order valence-electron chi connectivity index (χ3n) is 3.53. The van der Waals surface area contributed by atoms with Gasteiger partial charge in [-0.2, -0.15) is 4.98 Å². The number of halogens is 3. The lowest BCUT2D eigenvalue weighted by Gasteiger charge is -2.17. The van der Waals surface area contributed by atoms with Gasteiger partial charge in [0.2, 0.25) is 0 Å². The average molecular weight is 379 g/mol. The molecule has 0 spiro atoms. The smallest absolute Gasteiger partial charge is 0.258 e. The maximum atomic E-state index is 6.31. The monoisotopic (exact) mass is 377 g/mol. The second-order valence-corrected chi connectivity index (χ2v) is 6.18. The van der Waals surface area contributed by atoms with Crippen LogP contribution in [0.3, 0.4) is 0 Å². The van der Waals surface area contributed by atoms with Crippen molar-refractivity contribution in [2.24, 2.45) is 5.73 Å². The summed E-state index contributed by atoms with van der Waals surface area (Å²) in [7, 11) is 0. The van der Waals surface area contributed by atoms with Gasteiger partial charge in [0.15, 0.2) is 5.82 Å². The molecule has 1 saturated carbocycles. The lowest BCUT2D eigenvalue weighted by molar-refractivity contribution is 0.372. The molecule has 1 aromatic carbocycles. The number of hydrogen-bond donors (Lipinski definition) is 1. The van der Waals surface area contributed by atoms with Crippen LogP contribution in [-0.2, 0) is 5.54 Å². The molecule has 0 atom stereocenters. The van der Waals surface area contributed by atoms with Crippen LogP contribution in [0.5, 0.6) is 0 Å². The average Bonchev–Trinajstić information content (AvgIpc) is 3.02. The molecule has 20 heavy (non-hydrogen) atoms. The van der Waals surface area contributed by atoms with Crippen LogP contribution in [0, 0.1) is 0 Å². The van der Waals surface area contributed by atoms with Gasteiger partial charge < -0.3 is 10.3 Å². The quantitative estimate of drug-likeness (QED) is 0.845. The molecule has 1 heterocycles. The fourth-order valence-corrected chi connectivity index (χ4v) is 2.83. The van der Waals surface area contributed by atoms with Gasteiger partial charge in [-0.25, -0.2) is 0 Å². The molecule has 1 aliphatic carbocycles. The van der Waals surface area contributed by atoms with E-state index in [0.717, 1.165) is 35.7 Å². The van der Waals surface area contributed by atoms with E-state index in [9.17, 15) is 0 Å². The highest BCUT2D eigenvalue weighted by atomic mass is 79.9. The zero-order chi connectivity index (χ0) is 13.5. The summed E-state index contributed by atoms with van der Waals surface area (Å²) >= 11 is 9.41. The molecule has 0 amide bonds. The molecule has 3 rings (SSSR count). The van der Waals surface area contributed by atoms with Crippen LogP contribution >= 0.6 is 39.9 Å². The van der Waals surface area contributed by atoms with E-state index in [0.29, 0.717) is 16.7 Å². The van der Waals surface area contributed by atoms with Crippen LogP contribution < -0.4 is 5.73 Å². The Morgan fingerprint density at radius 2 is 2.00 bits per heavy atom. The molecule has 2 aromatic rings. The first-order chi connectivity index (χ1) is 9.08. The van der Waals surface area contributed by atoms with Crippen LogP contribution in [0.4, 0.5) is 0 Å². The first kappa shape index (κ1) is 15.8. The summed E-state index contributed by atoms with van der Waals surface area (Å²) in [6.45, 7) is 0. The first-order valence-electron chi connectivity index (χ1n) is 6.17. The highest BCUT2D eigenvalue weighted by molar-refractivity contribution is 9.10. The van der Waals surface area contributed by atoms with E-state index >= 15 is 0 Å². The third-order valence-corrected chi connectivity index (χ3v) is 4.77. The summed E-state index contributed by atoms with van der Waals surface area (Å²) in [5.74, 6) is 1.06. The van der Waals surface area contributed by atoms with Crippen molar-refractivity contribution in [1.29, 1.82) is 0 Å². The lowest BCUT2D eigenvalue weighted by atomic mass is 9.99. The number of aromatic nitrogens is 2. The van der Waals surface area contributed by atoms with Crippen molar-refractivity contribution in [3.8, 4) is 11.5 Å². The fraction of sp³-hybridized carbons (Fsp3) is 0.385. The third kappa shape index (κ3) is 2.86. The summed E-state index contributed by atoms with van der Waals surface area (Å²) in [6.07, 6.45) is 4.05. The molecule has 1 aromatic heterocycles. The minimum atomic E-state index is -0.430. The molecular weight excluding hydrogens is 365 g/mol. The predicted octanol–water partition coefficient (Wildman–Crippen LogP) is 4.30. The van der Waals surface area contributed by atoms with Crippen LogP contribution in [0.1, 0.15) is 31.5 Å². The minimum absolute atomic E-state index is 0. The van der Waals surface area contributed by atoms with Crippen molar-refractivity contribution >= 4 is 39.9 Å². The van der Waals surface area contributed by atoms with Gasteiger partial charge in [0.05, 0.1) is 10.6 Å². The summed E-state index contributed by atoms with van der Waals surface area (Å²) in [5, 5.41) is 4.64. The van der Waals surface area contributed by atoms with E-state index in [2.05, 4.69) is 26.1 Å². The van der Waals surface area contributed by atoms with E-state index in [1.165, 1.54) is 0 Å². The Morgan fingerprint density at radius 3 is 2.65 bits per heavy atom. The number of nitrogens with zero attached hydrogens (tertiary/aromatic N) is 2. The van der Waals surface area contributed by atoms with Gasteiger partial charge in [-0.3, -0.25) is 0 Å². The molecule has 0 unspecified atom stereocenters. The van der Waals surface area contributed by atoms with E-state index in [4.69, 9.17) is 21.9 Å². The fourth-order valence-electron chi connectivity index (χ4n) is 2.40. The topological polar surface area (TPSA) is 64.9 Å². The van der Waals surface area contributed by atoms with Gasteiger partial charge in [0.1, 0.15) is 0 Å². The van der Waals surface area contributed by atoms with Crippen LogP contribution in [0.15, 0.2) is 27.2 Å². The summed E-state index contributed by atoms with van der Waals surface area (Å²) in [4.78, 5) is 4.43. The van der Waals surface area contributed by atoms with Gasteiger partial charge in [0, 0.05) is 10.0 Å². The second-order valence-electron chi connectivity index (χ2n) is 4.92. The van der Waals surface area contributed by atoms with E-state index in [1.807, 2.05) is 12.1 Å². The molecule has 0 radical (unpaired) electrons. The number of rotatable bonds is 2. The lowest BCUT2D eigenvalue weighted by Crippen LogP contribution is -2.34. The van der Waals surface area contributed by atoms with E-state index in [1.54, 1.807) is 6.07 Å². The number of benzene rings is 1. The highest BCUT2D eigenvalue weighted by Gasteiger charge is 2.36. The summed E-state index contributed by atoms with van der Waals surface area (Å²) in [5.41, 5.74) is 6.68.